The highest BCUT2D eigenvalue weighted by atomic mass is 16.6. The largest absolute Gasteiger partial charge is 0.456 e. The van der Waals surface area contributed by atoms with E-state index in [1.165, 1.54) is 0 Å². The zero-order chi connectivity index (χ0) is 24.4. The number of ether oxygens (including phenoxy) is 2. The number of hydrogen-bond acceptors (Lipinski definition) is 6. The highest BCUT2D eigenvalue weighted by Crippen LogP contribution is 2.71. The molecule has 0 spiro atoms. The number of ketones is 1. The molecule has 0 unspecified atom stereocenters. The van der Waals surface area contributed by atoms with Crippen molar-refractivity contribution in [2.45, 2.75) is 96.7 Å². The predicted molar refractivity (Wildman–Crippen MR) is 124 cm³/mol. The summed E-state index contributed by atoms with van der Waals surface area (Å²) in [6.45, 7) is 10.0. The van der Waals surface area contributed by atoms with Crippen LogP contribution in [0.5, 0.6) is 0 Å². The minimum Gasteiger partial charge on any atom is -0.456 e. The summed E-state index contributed by atoms with van der Waals surface area (Å²) < 4.78 is 12.0. The lowest BCUT2D eigenvalue weighted by molar-refractivity contribution is -0.183. The number of epoxide rings is 1. The van der Waals surface area contributed by atoms with Crippen LogP contribution in [0.3, 0.4) is 0 Å². The highest BCUT2D eigenvalue weighted by Gasteiger charge is 2.77. The molecule has 0 radical (unpaired) electrons. The third-order valence-electron chi connectivity index (χ3n) is 11.7. The van der Waals surface area contributed by atoms with Crippen molar-refractivity contribution in [1.82, 2.24) is 0 Å². The highest BCUT2D eigenvalue weighted by molar-refractivity contribution is 5.97. The fraction of sp³-hybridized carbons (Fsp3) is 0.786. The lowest BCUT2D eigenvalue weighted by atomic mass is 9.43. The first-order chi connectivity index (χ1) is 16.0. The topological polar surface area (TPSA) is 96.4 Å². The summed E-state index contributed by atoms with van der Waals surface area (Å²) >= 11 is 0. The summed E-state index contributed by atoms with van der Waals surface area (Å²) in [7, 11) is 0. The minimum atomic E-state index is -1.11. The summed E-state index contributed by atoms with van der Waals surface area (Å²) in [5, 5.41) is 22.7. The predicted octanol–water partition coefficient (Wildman–Crippen LogP) is 3.35. The first-order valence-corrected chi connectivity index (χ1v) is 13.1. The quantitative estimate of drug-likeness (QED) is 0.475. The van der Waals surface area contributed by atoms with E-state index in [9.17, 15) is 19.8 Å². The van der Waals surface area contributed by atoms with E-state index in [0.717, 1.165) is 25.7 Å². The van der Waals surface area contributed by atoms with Crippen molar-refractivity contribution >= 4 is 11.8 Å². The maximum Gasteiger partial charge on any atom is 0.334 e. The van der Waals surface area contributed by atoms with Crippen LogP contribution >= 0.6 is 0 Å². The van der Waals surface area contributed by atoms with Crippen molar-refractivity contribution in [3.8, 4) is 0 Å². The van der Waals surface area contributed by atoms with Gasteiger partial charge in [-0.2, -0.15) is 0 Å². The van der Waals surface area contributed by atoms with E-state index in [-0.39, 0.29) is 47.1 Å². The van der Waals surface area contributed by atoms with Gasteiger partial charge in [0, 0.05) is 5.57 Å². The van der Waals surface area contributed by atoms with Crippen molar-refractivity contribution in [3.05, 3.63) is 23.3 Å². The average molecular weight is 471 g/mol. The summed E-state index contributed by atoms with van der Waals surface area (Å²) in [6.07, 6.45) is 6.36. The molecule has 0 aromatic heterocycles. The number of carbonyl (C=O) groups excluding carboxylic acids is 2. The molecule has 0 amide bonds. The Morgan fingerprint density at radius 3 is 2.59 bits per heavy atom. The first kappa shape index (κ1) is 22.9. The fourth-order valence-corrected chi connectivity index (χ4v) is 9.42. The summed E-state index contributed by atoms with van der Waals surface area (Å²) in [4.78, 5) is 25.7. The van der Waals surface area contributed by atoms with Gasteiger partial charge in [0.25, 0.3) is 0 Å². The van der Waals surface area contributed by atoms with Gasteiger partial charge < -0.3 is 19.7 Å². The van der Waals surface area contributed by atoms with Gasteiger partial charge in [-0.1, -0.05) is 19.9 Å². The Morgan fingerprint density at radius 2 is 1.85 bits per heavy atom. The molecule has 3 saturated carbocycles. The fourth-order valence-electron chi connectivity index (χ4n) is 9.42. The number of cyclic esters (lactones) is 1. The molecular formula is C28H38O6. The number of allylic oxidation sites excluding steroid dienone is 1. The van der Waals surface area contributed by atoms with Gasteiger partial charge in [-0.3, -0.25) is 4.79 Å². The maximum atomic E-state index is 13.3. The van der Waals surface area contributed by atoms with E-state index >= 15 is 0 Å². The Bertz CT molecular complexity index is 1010. The number of esters is 1. The zero-order valence-corrected chi connectivity index (χ0v) is 20.9. The third-order valence-corrected chi connectivity index (χ3v) is 11.7. The molecule has 4 aliphatic carbocycles. The van der Waals surface area contributed by atoms with Crippen LogP contribution in [0.15, 0.2) is 23.3 Å². The third kappa shape index (κ3) is 2.58. The number of fused-ring (bicyclic) bond motifs is 8. The first-order valence-electron chi connectivity index (χ1n) is 13.1. The van der Waals surface area contributed by atoms with Gasteiger partial charge in [-0.05, 0) is 99.5 Å². The second-order valence-electron chi connectivity index (χ2n) is 12.6. The molecule has 34 heavy (non-hydrogen) atoms. The van der Waals surface area contributed by atoms with Crippen molar-refractivity contribution in [3.63, 3.8) is 0 Å². The maximum absolute atomic E-state index is 13.3. The molecule has 4 fully saturated rings. The Labute approximate surface area is 201 Å². The van der Waals surface area contributed by atoms with Crippen LogP contribution in [-0.4, -0.2) is 52.0 Å². The standard InChI is InChI=1S/C28H38O6/c1-13-14(2)25(31)34-22(21(13)30)15(3)16-8-9-17-20-18(10-12-26(16,17)4)27(5)19(29)7-6-11-28(27,32)24-23(20)33-24/h6-7,15-18,20-24,30,32H,8-12H2,1-5H3/t15-,16+,17+,18+,20+,21-,22+,23+,24+,26+,27+,28-/m1/s1. The van der Waals surface area contributed by atoms with Gasteiger partial charge in [0.2, 0.25) is 0 Å². The second-order valence-corrected chi connectivity index (χ2v) is 12.6. The Hall–Kier alpha value is -1.50. The molecule has 186 valence electrons. The van der Waals surface area contributed by atoms with Crippen LogP contribution in [0.2, 0.25) is 0 Å². The van der Waals surface area contributed by atoms with E-state index in [1.807, 2.05) is 19.9 Å². The molecule has 2 aliphatic heterocycles. The van der Waals surface area contributed by atoms with Gasteiger partial charge >= 0.3 is 5.97 Å². The summed E-state index contributed by atoms with van der Waals surface area (Å²) in [5.74, 6) is 0.821. The minimum absolute atomic E-state index is 0.0204. The molecule has 12 atom stereocenters. The van der Waals surface area contributed by atoms with Crippen molar-refractivity contribution in [2.24, 2.45) is 40.4 Å². The van der Waals surface area contributed by atoms with E-state index in [1.54, 1.807) is 13.0 Å². The number of aliphatic hydroxyl groups is 2. The van der Waals surface area contributed by atoms with E-state index < -0.39 is 23.2 Å². The number of rotatable bonds is 2. The zero-order valence-electron chi connectivity index (χ0n) is 20.9. The molecular weight excluding hydrogens is 432 g/mol. The Balaban J connectivity index is 1.31. The van der Waals surface area contributed by atoms with Gasteiger partial charge in [0.15, 0.2) is 5.78 Å². The van der Waals surface area contributed by atoms with Gasteiger partial charge in [-0.25, -0.2) is 4.79 Å². The van der Waals surface area contributed by atoms with Crippen LogP contribution in [0.25, 0.3) is 0 Å². The normalized spacial score (nSPS) is 54.6. The van der Waals surface area contributed by atoms with Crippen LogP contribution in [0.4, 0.5) is 0 Å². The van der Waals surface area contributed by atoms with Crippen molar-refractivity contribution in [2.75, 3.05) is 0 Å². The summed E-state index contributed by atoms with van der Waals surface area (Å²) in [6, 6.07) is 0. The monoisotopic (exact) mass is 470 g/mol. The molecule has 2 N–H and O–H groups in total. The van der Waals surface area contributed by atoms with Gasteiger partial charge in [0.1, 0.15) is 23.9 Å². The lowest BCUT2D eigenvalue weighted by Gasteiger charge is -2.60. The molecule has 2 heterocycles. The Morgan fingerprint density at radius 1 is 1.12 bits per heavy atom. The van der Waals surface area contributed by atoms with Crippen LogP contribution in [0, 0.1) is 40.4 Å². The van der Waals surface area contributed by atoms with Crippen LogP contribution in [-0.2, 0) is 19.1 Å². The SMILES string of the molecule is CC1=C(C)[C@@H](O)[C@H]([C@H](C)[C@@H]2CC[C@H]3[C@@H]4[C@@H]5O[C@@H]5[C@]5(O)CC=CC(=O)[C@]5(C)[C@H]4CC[C@@]23C)OC1=O. The van der Waals surface area contributed by atoms with Crippen LogP contribution in [0.1, 0.15) is 66.7 Å². The molecule has 6 nitrogen and oxygen atoms in total. The number of carbonyl (C=O) groups is 2. The van der Waals surface area contributed by atoms with E-state index in [2.05, 4.69) is 13.8 Å². The molecule has 1 saturated heterocycles. The summed E-state index contributed by atoms with van der Waals surface area (Å²) in [5.41, 5.74) is -0.658. The molecule has 6 heteroatoms. The van der Waals surface area contributed by atoms with Crippen molar-refractivity contribution < 1.29 is 29.3 Å². The molecule has 6 rings (SSSR count). The molecule has 0 bridgehead atoms. The second kappa shape index (κ2) is 7.04. The van der Waals surface area contributed by atoms with Gasteiger partial charge in [0.05, 0.1) is 11.5 Å². The van der Waals surface area contributed by atoms with E-state index in [4.69, 9.17) is 9.47 Å². The van der Waals surface area contributed by atoms with Crippen LogP contribution < -0.4 is 0 Å². The van der Waals surface area contributed by atoms with E-state index in [0.29, 0.717) is 29.4 Å². The Kier molecular flexibility index (Phi) is 4.75. The number of aliphatic hydroxyl groups excluding tert-OH is 1. The number of hydrogen-bond donors (Lipinski definition) is 2. The molecule has 0 aromatic carbocycles. The lowest BCUT2D eigenvalue weighted by Crippen LogP contribution is -2.67. The van der Waals surface area contributed by atoms with Gasteiger partial charge in [-0.15, -0.1) is 0 Å². The molecule has 0 aromatic rings. The molecule has 6 aliphatic rings. The smallest absolute Gasteiger partial charge is 0.334 e. The average Bonchev–Trinajstić information content (AvgIpc) is 3.53. The van der Waals surface area contributed by atoms with Crippen molar-refractivity contribution in [1.29, 1.82) is 0 Å².